The molecular weight excluding hydrogens is 256 g/mol. The summed E-state index contributed by atoms with van der Waals surface area (Å²) in [5.74, 6) is 0.0947. The first-order chi connectivity index (χ1) is 9.51. The Morgan fingerprint density at radius 1 is 1.25 bits per heavy atom. The van der Waals surface area contributed by atoms with E-state index in [0.717, 1.165) is 5.56 Å². The van der Waals surface area contributed by atoms with Crippen molar-refractivity contribution in [2.75, 3.05) is 18.2 Å². The molecule has 2 rings (SSSR count). The molecule has 0 fully saturated rings. The van der Waals surface area contributed by atoms with Crippen LogP contribution in [0.15, 0.2) is 36.4 Å². The topological polar surface area (TPSA) is 84.6 Å². The summed E-state index contributed by atoms with van der Waals surface area (Å²) in [6.45, 7) is 1.84. The Hall–Kier alpha value is -2.69. The summed E-state index contributed by atoms with van der Waals surface area (Å²) in [5.41, 5.74) is 7.83. The van der Waals surface area contributed by atoms with Crippen LogP contribution in [0.25, 0.3) is 0 Å². The van der Waals surface area contributed by atoms with Gasteiger partial charge in [-0.15, -0.1) is 0 Å². The van der Waals surface area contributed by atoms with E-state index in [1.807, 2.05) is 6.92 Å². The van der Waals surface area contributed by atoms with E-state index in [9.17, 15) is 9.90 Å². The minimum absolute atomic E-state index is 0.0519. The van der Waals surface area contributed by atoms with Crippen LogP contribution in [-0.2, 0) is 0 Å². The van der Waals surface area contributed by atoms with Gasteiger partial charge in [0.1, 0.15) is 11.5 Å². The summed E-state index contributed by atoms with van der Waals surface area (Å²) >= 11 is 0. The molecule has 5 nitrogen and oxygen atoms in total. The number of nitrogens with one attached hydrogen (secondary N) is 1. The van der Waals surface area contributed by atoms with Crippen LogP contribution in [0.4, 0.5) is 11.4 Å². The van der Waals surface area contributed by atoms with Gasteiger partial charge < -0.3 is 20.9 Å². The predicted octanol–water partition coefficient (Wildman–Crippen LogP) is 2.54. The first kappa shape index (κ1) is 13.7. The minimum Gasteiger partial charge on any atom is -0.507 e. The van der Waals surface area contributed by atoms with Crippen molar-refractivity contribution in [3.8, 4) is 11.5 Å². The van der Waals surface area contributed by atoms with Crippen molar-refractivity contribution in [2.24, 2.45) is 0 Å². The summed E-state index contributed by atoms with van der Waals surface area (Å²) in [6.07, 6.45) is 0. The summed E-state index contributed by atoms with van der Waals surface area (Å²) in [7, 11) is 1.52. The van der Waals surface area contributed by atoms with E-state index in [-0.39, 0.29) is 11.3 Å². The van der Waals surface area contributed by atoms with Crippen molar-refractivity contribution < 1.29 is 14.6 Å². The van der Waals surface area contributed by atoms with Crippen molar-refractivity contribution in [3.63, 3.8) is 0 Å². The van der Waals surface area contributed by atoms with E-state index in [1.54, 1.807) is 30.3 Å². The van der Waals surface area contributed by atoms with Crippen LogP contribution in [0.5, 0.6) is 11.5 Å². The minimum atomic E-state index is -0.396. The second-order valence-electron chi connectivity index (χ2n) is 4.43. The largest absolute Gasteiger partial charge is 0.507 e. The average molecular weight is 272 g/mol. The number of amides is 1. The normalized spacial score (nSPS) is 10.1. The van der Waals surface area contributed by atoms with E-state index in [4.69, 9.17) is 10.5 Å². The molecule has 20 heavy (non-hydrogen) atoms. The monoisotopic (exact) mass is 272 g/mol. The molecule has 104 valence electrons. The van der Waals surface area contributed by atoms with Gasteiger partial charge in [0.2, 0.25) is 0 Å². The molecule has 0 aliphatic rings. The van der Waals surface area contributed by atoms with Gasteiger partial charge >= 0.3 is 0 Å². The second-order valence-corrected chi connectivity index (χ2v) is 4.43. The lowest BCUT2D eigenvalue weighted by Crippen LogP contribution is -2.12. The van der Waals surface area contributed by atoms with Crippen LogP contribution in [-0.4, -0.2) is 18.1 Å². The third-order valence-electron chi connectivity index (χ3n) is 2.89. The number of nitrogen functional groups attached to an aromatic ring is 1. The second kappa shape index (κ2) is 5.52. The van der Waals surface area contributed by atoms with E-state index >= 15 is 0 Å². The van der Waals surface area contributed by atoms with Crippen molar-refractivity contribution >= 4 is 17.3 Å². The maximum atomic E-state index is 12.1. The fraction of sp³-hybridized carbons (Fsp3) is 0.133. The Morgan fingerprint density at radius 2 is 2.00 bits per heavy atom. The van der Waals surface area contributed by atoms with Gasteiger partial charge in [0.25, 0.3) is 5.91 Å². The van der Waals surface area contributed by atoms with Gasteiger partial charge in [0.15, 0.2) is 0 Å². The van der Waals surface area contributed by atoms with Gasteiger partial charge in [-0.25, -0.2) is 0 Å². The molecule has 2 aromatic rings. The zero-order valence-electron chi connectivity index (χ0n) is 11.3. The first-order valence-corrected chi connectivity index (χ1v) is 6.05. The third kappa shape index (κ3) is 2.83. The summed E-state index contributed by atoms with van der Waals surface area (Å²) < 4.78 is 5.04. The maximum Gasteiger partial charge on any atom is 0.259 e. The van der Waals surface area contributed by atoms with Crippen molar-refractivity contribution in [3.05, 3.63) is 47.5 Å². The number of aryl methyl sites for hydroxylation is 1. The van der Waals surface area contributed by atoms with Crippen LogP contribution < -0.4 is 15.8 Å². The Balaban J connectivity index is 2.21. The highest BCUT2D eigenvalue weighted by Crippen LogP contribution is 2.26. The molecule has 0 radical (unpaired) electrons. The Bertz CT molecular complexity index is 654. The molecule has 0 bridgehead atoms. The lowest BCUT2D eigenvalue weighted by Gasteiger charge is -2.10. The molecule has 0 aromatic heterocycles. The van der Waals surface area contributed by atoms with Crippen LogP contribution in [0, 0.1) is 6.92 Å². The number of carbonyl (C=O) groups is 1. The molecule has 4 N–H and O–H groups in total. The molecule has 2 aromatic carbocycles. The zero-order valence-corrected chi connectivity index (χ0v) is 11.3. The molecule has 0 atom stereocenters. The number of carbonyl (C=O) groups excluding carboxylic acids is 1. The number of hydrogen-bond acceptors (Lipinski definition) is 4. The predicted molar refractivity (Wildman–Crippen MR) is 78.2 cm³/mol. The van der Waals surface area contributed by atoms with Gasteiger partial charge in [-0.1, -0.05) is 6.07 Å². The number of anilines is 2. The Labute approximate surface area is 117 Å². The fourth-order valence-electron chi connectivity index (χ4n) is 1.84. The summed E-state index contributed by atoms with van der Waals surface area (Å²) in [4.78, 5) is 12.1. The van der Waals surface area contributed by atoms with E-state index in [0.29, 0.717) is 17.1 Å². The number of ether oxygens (including phenoxy) is 1. The molecular formula is C15H16N2O3. The standard InChI is InChI=1S/C15H16N2O3/c1-9-3-5-11(13(18)7-9)15(19)17-10-4-6-14(20-2)12(16)8-10/h3-8,18H,16H2,1-2H3,(H,17,19). The van der Waals surface area contributed by atoms with Crippen molar-refractivity contribution in [1.29, 1.82) is 0 Å². The first-order valence-electron chi connectivity index (χ1n) is 6.05. The molecule has 1 amide bonds. The SMILES string of the molecule is COc1ccc(NC(=O)c2ccc(C)cc2O)cc1N. The molecule has 0 saturated carbocycles. The Kier molecular flexibility index (Phi) is 3.79. The van der Waals surface area contributed by atoms with E-state index in [1.165, 1.54) is 13.2 Å². The summed E-state index contributed by atoms with van der Waals surface area (Å²) in [6, 6.07) is 9.82. The molecule has 5 heteroatoms. The number of hydrogen-bond donors (Lipinski definition) is 3. The number of benzene rings is 2. The average Bonchev–Trinajstić information content (AvgIpc) is 2.38. The Morgan fingerprint density at radius 3 is 2.60 bits per heavy atom. The number of nitrogens with two attached hydrogens (primary N) is 1. The number of phenols is 1. The van der Waals surface area contributed by atoms with Gasteiger partial charge in [0, 0.05) is 5.69 Å². The number of aromatic hydroxyl groups is 1. The zero-order chi connectivity index (χ0) is 14.7. The number of rotatable bonds is 3. The number of phenolic OH excluding ortho intramolecular Hbond substituents is 1. The fourth-order valence-corrected chi connectivity index (χ4v) is 1.84. The molecule has 0 spiro atoms. The maximum absolute atomic E-state index is 12.1. The van der Waals surface area contributed by atoms with E-state index in [2.05, 4.69) is 5.32 Å². The van der Waals surface area contributed by atoms with Crippen LogP contribution in [0.2, 0.25) is 0 Å². The van der Waals surface area contributed by atoms with Crippen LogP contribution >= 0.6 is 0 Å². The third-order valence-corrected chi connectivity index (χ3v) is 2.89. The van der Waals surface area contributed by atoms with Gasteiger partial charge in [-0.2, -0.15) is 0 Å². The molecule has 0 aliphatic carbocycles. The van der Waals surface area contributed by atoms with Gasteiger partial charge in [0.05, 0.1) is 18.4 Å². The molecule has 0 unspecified atom stereocenters. The highest BCUT2D eigenvalue weighted by molar-refractivity contribution is 6.06. The highest BCUT2D eigenvalue weighted by atomic mass is 16.5. The van der Waals surface area contributed by atoms with Crippen molar-refractivity contribution in [1.82, 2.24) is 0 Å². The highest BCUT2D eigenvalue weighted by Gasteiger charge is 2.12. The van der Waals surface area contributed by atoms with Gasteiger partial charge in [-0.3, -0.25) is 4.79 Å². The molecule has 0 aliphatic heterocycles. The van der Waals surface area contributed by atoms with E-state index < -0.39 is 5.91 Å². The molecule has 0 heterocycles. The number of methoxy groups -OCH3 is 1. The quantitative estimate of drug-likeness (QED) is 0.750. The molecule has 0 saturated heterocycles. The summed E-state index contributed by atoms with van der Waals surface area (Å²) in [5, 5.41) is 12.4. The lowest BCUT2D eigenvalue weighted by molar-refractivity contribution is 0.102. The lowest BCUT2D eigenvalue weighted by atomic mass is 10.1. The van der Waals surface area contributed by atoms with Crippen LogP contribution in [0.3, 0.4) is 0 Å². The van der Waals surface area contributed by atoms with Crippen LogP contribution in [0.1, 0.15) is 15.9 Å². The smallest absolute Gasteiger partial charge is 0.259 e. The van der Waals surface area contributed by atoms with Gasteiger partial charge in [-0.05, 0) is 42.8 Å². The van der Waals surface area contributed by atoms with Crippen molar-refractivity contribution in [2.45, 2.75) is 6.92 Å².